The first kappa shape index (κ1) is 6.53. The number of halogens is 2. The van der Waals surface area contributed by atoms with Crippen LogP contribution >= 0.6 is 0 Å². The van der Waals surface area contributed by atoms with Crippen LogP contribution in [0, 0.1) is 0 Å². The van der Waals surface area contributed by atoms with Crippen LogP contribution in [0.2, 0.25) is 0 Å². The zero-order valence-electron chi connectivity index (χ0n) is 5.72. The molecule has 1 aromatic carbocycles. The van der Waals surface area contributed by atoms with Crippen LogP contribution < -0.4 is 0 Å². The number of benzene rings is 1. The first-order chi connectivity index (χ1) is 5.20. The van der Waals surface area contributed by atoms with Crippen molar-refractivity contribution in [1.29, 1.82) is 0 Å². The highest BCUT2D eigenvalue weighted by Crippen LogP contribution is 2.37. The first-order valence-electron chi connectivity index (χ1n) is 3.37. The molecule has 0 atom stereocenters. The SMILES string of the molecule is FC1(F)C=Cc2ccccc21. The fourth-order valence-corrected chi connectivity index (χ4v) is 1.23. The second-order valence-electron chi connectivity index (χ2n) is 2.54. The Morgan fingerprint density at radius 1 is 1.09 bits per heavy atom. The van der Waals surface area contributed by atoms with Gasteiger partial charge in [0.15, 0.2) is 0 Å². The van der Waals surface area contributed by atoms with Crippen LogP contribution in [-0.2, 0) is 5.92 Å². The van der Waals surface area contributed by atoms with E-state index in [1.54, 1.807) is 18.2 Å². The summed E-state index contributed by atoms with van der Waals surface area (Å²) < 4.78 is 25.7. The molecule has 0 aliphatic heterocycles. The third-order valence-corrected chi connectivity index (χ3v) is 1.79. The molecule has 1 aliphatic carbocycles. The van der Waals surface area contributed by atoms with Gasteiger partial charge in [-0.1, -0.05) is 30.3 Å². The van der Waals surface area contributed by atoms with Gasteiger partial charge in [0, 0.05) is 5.56 Å². The van der Waals surface area contributed by atoms with Crippen molar-refractivity contribution in [3.05, 3.63) is 41.5 Å². The lowest BCUT2D eigenvalue weighted by atomic mass is 10.1. The van der Waals surface area contributed by atoms with Crippen LogP contribution in [0.1, 0.15) is 11.1 Å². The minimum Gasteiger partial charge on any atom is -0.196 e. The molecule has 0 amide bonds. The number of rotatable bonds is 0. The van der Waals surface area contributed by atoms with E-state index in [9.17, 15) is 8.78 Å². The highest BCUT2D eigenvalue weighted by Gasteiger charge is 2.33. The molecule has 1 aromatic rings. The summed E-state index contributed by atoms with van der Waals surface area (Å²) in [6.45, 7) is 0. The Morgan fingerprint density at radius 2 is 1.82 bits per heavy atom. The van der Waals surface area contributed by atoms with Crippen LogP contribution in [0.15, 0.2) is 30.3 Å². The third-order valence-electron chi connectivity index (χ3n) is 1.79. The van der Waals surface area contributed by atoms with Crippen molar-refractivity contribution in [1.82, 2.24) is 0 Å². The molecule has 1 aliphatic rings. The standard InChI is InChI=1S/C9H6F2/c10-9(11)6-5-7-3-1-2-4-8(7)9/h1-6H. The van der Waals surface area contributed by atoms with Gasteiger partial charge in [0.1, 0.15) is 0 Å². The molecule has 0 saturated carbocycles. The van der Waals surface area contributed by atoms with Crippen LogP contribution in [0.5, 0.6) is 0 Å². The van der Waals surface area contributed by atoms with E-state index in [-0.39, 0.29) is 5.56 Å². The zero-order chi connectivity index (χ0) is 7.90. The Morgan fingerprint density at radius 3 is 2.55 bits per heavy atom. The van der Waals surface area contributed by atoms with Crippen molar-refractivity contribution in [3.63, 3.8) is 0 Å². The van der Waals surface area contributed by atoms with Crippen LogP contribution in [0.3, 0.4) is 0 Å². The van der Waals surface area contributed by atoms with E-state index < -0.39 is 5.92 Å². The molecule has 0 radical (unpaired) electrons. The molecule has 0 heterocycles. The summed E-state index contributed by atoms with van der Waals surface area (Å²) in [4.78, 5) is 0. The van der Waals surface area contributed by atoms with E-state index in [4.69, 9.17) is 0 Å². The number of allylic oxidation sites excluding steroid dienone is 1. The highest BCUT2D eigenvalue weighted by molar-refractivity contribution is 5.62. The van der Waals surface area contributed by atoms with Crippen molar-refractivity contribution in [2.45, 2.75) is 5.92 Å². The maximum atomic E-state index is 12.9. The Labute approximate surface area is 63.2 Å². The van der Waals surface area contributed by atoms with Crippen molar-refractivity contribution in [3.8, 4) is 0 Å². The van der Waals surface area contributed by atoms with Gasteiger partial charge in [-0.3, -0.25) is 0 Å². The molecule has 11 heavy (non-hydrogen) atoms. The van der Waals surface area contributed by atoms with Gasteiger partial charge < -0.3 is 0 Å². The van der Waals surface area contributed by atoms with Gasteiger partial charge in [-0.25, -0.2) is 0 Å². The van der Waals surface area contributed by atoms with Gasteiger partial charge in [0.2, 0.25) is 0 Å². The van der Waals surface area contributed by atoms with Crippen molar-refractivity contribution in [2.24, 2.45) is 0 Å². The summed E-state index contributed by atoms with van der Waals surface area (Å²) in [5.41, 5.74) is 0.734. The normalized spacial score (nSPS) is 18.4. The molecule has 0 saturated heterocycles. The maximum Gasteiger partial charge on any atom is 0.292 e. The van der Waals surface area contributed by atoms with Crippen LogP contribution in [0.25, 0.3) is 6.08 Å². The van der Waals surface area contributed by atoms with Gasteiger partial charge in [0.05, 0.1) is 0 Å². The van der Waals surface area contributed by atoms with Crippen molar-refractivity contribution in [2.75, 3.05) is 0 Å². The molecular weight excluding hydrogens is 146 g/mol. The minimum absolute atomic E-state index is 0.111. The van der Waals surface area contributed by atoms with E-state index in [1.165, 1.54) is 12.1 Å². The predicted octanol–water partition coefficient (Wildman–Crippen LogP) is 2.81. The van der Waals surface area contributed by atoms with E-state index in [0.29, 0.717) is 5.56 Å². The Bertz CT molecular complexity index is 313. The van der Waals surface area contributed by atoms with Crippen LogP contribution in [0.4, 0.5) is 8.78 Å². The maximum absolute atomic E-state index is 12.9. The monoisotopic (exact) mass is 152 g/mol. The lowest BCUT2D eigenvalue weighted by Crippen LogP contribution is -2.05. The number of hydrogen-bond donors (Lipinski definition) is 0. The van der Waals surface area contributed by atoms with E-state index in [1.807, 2.05) is 0 Å². The second kappa shape index (κ2) is 1.91. The molecule has 0 unspecified atom stereocenters. The number of fused-ring (bicyclic) bond motifs is 1. The largest absolute Gasteiger partial charge is 0.292 e. The second-order valence-corrected chi connectivity index (χ2v) is 2.54. The van der Waals surface area contributed by atoms with Crippen molar-refractivity contribution < 1.29 is 8.78 Å². The molecule has 0 bridgehead atoms. The predicted molar refractivity (Wildman–Crippen MR) is 39.4 cm³/mol. The fraction of sp³-hybridized carbons (Fsp3) is 0.111. The molecule has 0 aromatic heterocycles. The summed E-state index contributed by atoms with van der Waals surface area (Å²) in [6.07, 6.45) is 2.38. The van der Waals surface area contributed by atoms with E-state index in [0.717, 1.165) is 6.08 Å². The number of hydrogen-bond acceptors (Lipinski definition) is 0. The molecule has 2 rings (SSSR count). The van der Waals surface area contributed by atoms with Gasteiger partial charge >= 0.3 is 0 Å². The summed E-state index contributed by atoms with van der Waals surface area (Å²) in [7, 11) is 0. The Balaban J connectivity index is 2.64. The van der Waals surface area contributed by atoms with Gasteiger partial charge in [-0.15, -0.1) is 0 Å². The lowest BCUT2D eigenvalue weighted by Gasteiger charge is -2.07. The molecule has 2 heteroatoms. The van der Waals surface area contributed by atoms with Crippen molar-refractivity contribution >= 4 is 6.08 Å². The molecule has 0 nitrogen and oxygen atoms in total. The van der Waals surface area contributed by atoms with Gasteiger partial charge in [-0.2, -0.15) is 8.78 Å². The third kappa shape index (κ3) is 0.862. The van der Waals surface area contributed by atoms with Gasteiger partial charge in [-0.05, 0) is 11.6 Å². The summed E-state index contributed by atoms with van der Waals surface area (Å²) in [5, 5.41) is 0. The Kier molecular flexibility index (Phi) is 1.13. The van der Waals surface area contributed by atoms with E-state index in [2.05, 4.69) is 0 Å². The summed E-state index contributed by atoms with van der Waals surface area (Å²) >= 11 is 0. The highest BCUT2D eigenvalue weighted by atomic mass is 19.3. The first-order valence-corrected chi connectivity index (χ1v) is 3.37. The summed E-state index contributed by atoms with van der Waals surface area (Å²) in [6, 6.07) is 6.52. The quantitative estimate of drug-likeness (QED) is 0.536. The zero-order valence-corrected chi connectivity index (χ0v) is 5.72. The number of alkyl halides is 2. The molecular formula is C9H6F2. The smallest absolute Gasteiger partial charge is 0.196 e. The Hall–Kier alpha value is -1.18. The van der Waals surface area contributed by atoms with Gasteiger partial charge in [0.25, 0.3) is 5.92 Å². The average Bonchev–Trinajstić information content (AvgIpc) is 2.29. The molecule has 0 spiro atoms. The van der Waals surface area contributed by atoms with Crippen LogP contribution in [-0.4, -0.2) is 0 Å². The minimum atomic E-state index is -2.75. The molecule has 0 N–H and O–H groups in total. The lowest BCUT2D eigenvalue weighted by molar-refractivity contribution is 0.0558. The van der Waals surface area contributed by atoms with E-state index >= 15 is 0 Å². The fourth-order valence-electron chi connectivity index (χ4n) is 1.23. The summed E-state index contributed by atoms with van der Waals surface area (Å²) in [5.74, 6) is -2.75. The average molecular weight is 152 g/mol. The topological polar surface area (TPSA) is 0 Å². The molecule has 56 valence electrons. The molecule has 0 fully saturated rings.